The molecule has 0 heterocycles. The molecule has 2 nitrogen and oxygen atoms in total. The average Bonchev–Trinajstić information content (AvgIpc) is 2.93. The normalized spacial score (nSPS) is 17.4. The van der Waals surface area contributed by atoms with Crippen LogP contribution in [0.1, 0.15) is 39.0 Å². The van der Waals surface area contributed by atoms with Crippen LogP contribution < -0.4 is 9.47 Å². The zero-order valence-corrected chi connectivity index (χ0v) is 13.2. The Morgan fingerprint density at radius 3 is 2.32 bits per heavy atom. The third kappa shape index (κ3) is 3.88. The summed E-state index contributed by atoms with van der Waals surface area (Å²) < 4.78 is 11.8. The maximum atomic E-state index is 6.06. The van der Waals surface area contributed by atoms with E-state index < -0.39 is 0 Å². The number of hydrogen-bond donors (Lipinski definition) is 0. The summed E-state index contributed by atoms with van der Waals surface area (Å²) >= 11 is 3.66. The fourth-order valence-corrected chi connectivity index (χ4v) is 3.30. The van der Waals surface area contributed by atoms with Gasteiger partial charge in [0, 0.05) is 10.7 Å². The molecule has 1 aromatic carbocycles. The van der Waals surface area contributed by atoms with Gasteiger partial charge in [-0.1, -0.05) is 47.8 Å². The summed E-state index contributed by atoms with van der Waals surface area (Å²) in [5.41, 5.74) is 0.317. The van der Waals surface area contributed by atoms with Crippen molar-refractivity contribution in [2.75, 3.05) is 18.5 Å². The van der Waals surface area contributed by atoms with Gasteiger partial charge >= 0.3 is 0 Å². The van der Waals surface area contributed by atoms with Gasteiger partial charge in [0.1, 0.15) is 0 Å². The summed E-state index contributed by atoms with van der Waals surface area (Å²) in [6, 6.07) is 7.99. The third-order valence-corrected chi connectivity index (χ3v) is 4.98. The van der Waals surface area contributed by atoms with Crippen molar-refractivity contribution in [3.05, 3.63) is 24.3 Å². The molecule has 1 aliphatic carbocycles. The molecular formula is C16H23BrO2. The first kappa shape index (κ1) is 14.7. The number of ether oxygens (including phenoxy) is 2. The first-order valence-electron chi connectivity index (χ1n) is 7.20. The molecule has 0 aromatic heterocycles. The van der Waals surface area contributed by atoms with E-state index in [0.29, 0.717) is 5.41 Å². The molecule has 0 spiro atoms. The van der Waals surface area contributed by atoms with Gasteiger partial charge in [-0.25, -0.2) is 0 Å². The number of hydrogen-bond acceptors (Lipinski definition) is 2. The molecule has 106 valence electrons. The average molecular weight is 327 g/mol. The molecule has 1 aromatic rings. The van der Waals surface area contributed by atoms with Gasteiger partial charge in [0.05, 0.1) is 13.2 Å². The van der Waals surface area contributed by atoms with Crippen LogP contribution in [0, 0.1) is 5.41 Å². The van der Waals surface area contributed by atoms with Crippen LogP contribution in [0.2, 0.25) is 0 Å². The first-order valence-corrected chi connectivity index (χ1v) is 8.32. The summed E-state index contributed by atoms with van der Waals surface area (Å²) in [4.78, 5) is 0. The molecule has 19 heavy (non-hydrogen) atoms. The van der Waals surface area contributed by atoms with Crippen molar-refractivity contribution in [1.82, 2.24) is 0 Å². The van der Waals surface area contributed by atoms with E-state index in [-0.39, 0.29) is 0 Å². The van der Waals surface area contributed by atoms with Crippen molar-refractivity contribution in [2.45, 2.75) is 39.0 Å². The Morgan fingerprint density at radius 1 is 1.11 bits per heavy atom. The number of alkyl halides is 1. The highest BCUT2D eigenvalue weighted by Crippen LogP contribution is 2.40. The van der Waals surface area contributed by atoms with E-state index in [4.69, 9.17) is 9.47 Å². The Hall–Kier alpha value is -0.700. The number of halogens is 1. The van der Waals surface area contributed by atoms with E-state index in [2.05, 4.69) is 22.9 Å². The molecule has 1 aliphatic rings. The SMILES string of the molecule is CCCOc1ccccc1OCC1(CBr)CCCC1. The zero-order chi connectivity index (χ0) is 13.6. The van der Waals surface area contributed by atoms with Crippen LogP contribution in [0.5, 0.6) is 11.5 Å². The van der Waals surface area contributed by atoms with Crippen molar-refractivity contribution < 1.29 is 9.47 Å². The van der Waals surface area contributed by atoms with Gasteiger partial charge in [-0.15, -0.1) is 0 Å². The molecule has 0 saturated heterocycles. The van der Waals surface area contributed by atoms with Crippen LogP contribution in [0.25, 0.3) is 0 Å². The lowest BCUT2D eigenvalue weighted by atomic mass is 9.90. The highest BCUT2D eigenvalue weighted by atomic mass is 79.9. The summed E-state index contributed by atoms with van der Waals surface area (Å²) in [7, 11) is 0. The quantitative estimate of drug-likeness (QED) is 0.669. The van der Waals surface area contributed by atoms with E-state index >= 15 is 0 Å². The monoisotopic (exact) mass is 326 g/mol. The van der Waals surface area contributed by atoms with Gasteiger partial charge in [-0.3, -0.25) is 0 Å². The topological polar surface area (TPSA) is 18.5 Å². The number of benzene rings is 1. The Balaban J connectivity index is 1.98. The minimum Gasteiger partial charge on any atom is -0.490 e. The Morgan fingerprint density at radius 2 is 1.74 bits per heavy atom. The second kappa shape index (κ2) is 7.18. The van der Waals surface area contributed by atoms with Gasteiger partial charge in [0.2, 0.25) is 0 Å². The van der Waals surface area contributed by atoms with Gasteiger partial charge in [-0.2, -0.15) is 0 Å². The van der Waals surface area contributed by atoms with E-state index in [1.807, 2.05) is 24.3 Å². The summed E-state index contributed by atoms with van der Waals surface area (Å²) in [6.45, 7) is 3.64. The zero-order valence-electron chi connectivity index (χ0n) is 11.7. The second-order valence-electron chi connectivity index (χ2n) is 5.42. The molecule has 0 unspecified atom stereocenters. The van der Waals surface area contributed by atoms with Crippen molar-refractivity contribution in [3.8, 4) is 11.5 Å². The number of para-hydroxylation sites is 2. The van der Waals surface area contributed by atoms with Crippen molar-refractivity contribution in [3.63, 3.8) is 0 Å². The largest absolute Gasteiger partial charge is 0.490 e. The molecule has 0 bridgehead atoms. The van der Waals surface area contributed by atoms with Crippen LogP contribution >= 0.6 is 15.9 Å². The van der Waals surface area contributed by atoms with E-state index in [9.17, 15) is 0 Å². The standard InChI is InChI=1S/C16H23BrO2/c1-2-11-18-14-7-3-4-8-15(14)19-13-16(12-17)9-5-6-10-16/h3-4,7-8H,2,5-6,9-13H2,1H3. The van der Waals surface area contributed by atoms with Gasteiger partial charge in [0.25, 0.3) is 0 Å². The number of rotatable bonds is 7. The Bertz CT molecular complexity index is 386. The molecule has 2 rings (SSSR count). The maximum Gasteiger partial charge on any atom is 0.161 e. The first-order chi connectivity index (χ1) is 9.29. The molecule has 1 saturated carbocycles. The van der Waals surface area contributed by atoms with Gasteiger partial charge in [-0.05, 0) is 31.4 Å². The molecule has 0 radical (unpaired) electrons. The summed E-state index contributed by atoms with van der Waals surface area (Å²) in [6.07, 6.45) is 6.18. The molecule has 1 fully saturated rings. The predicted octanol–water partition coefficient (Wildman–Crippen LogP) is 4.81. The second-order valence-corrected chi connectivity index (χ2v) is 5.99. The van der Waals surface area contributed by atoms with Crippen LogP contribution in [0.4, 0.5) is 0 Å². The van der Waals surface area contributed by atoms with Crippen molar-refractivity contribution >= 4 is 15.9 Å². The molecule has 0 atom stereocenters. The van der Waals surface area contributed by atoms with Crippen LogP contribution in [0.3, 0.4) is 0 Å². The van der Waals surface area contributed by atoms with Crippen molar-refractivity contribution in [2.24, 2.45) is 5.41 Å². The minimum atomic E-state index is 0.317. The fourth-order valence-electron chi connectivity index (χ4n) is 2.57. The van der Waals surface area contributed by atoms with Gasteiger partial charge in [0.15, 0.2) is 11.5 Å². The Kier molecular flexibility index (Phi) is 5.56. The summed E-state index contributed by atoms with van der Waals surface area (Å²) in [5.74, 6) is 1.75. The molecule has 0 amide bonds. The predicted molar refractivity (Wildman–Crippen MR) is 82.4 cm³/mol. The fraction of sp³-hybridized carbons (Fsp3) is 0.625. The van der Waals surface area contributed by atoms with Crippen molar-refractivity contribution in [1.29, 1.82) is 0 Å². The smallest absolute Gasteiger partial charge is 0.161 e. The molecular weight excluding hydrogens is 304 g/mol. The minimum absolute atomic E-state index is 0.317. The van der Waals surface area contributed by atoms with Gasteiger partial charge < -0.3 is 9.47 Å². The molecule has 0 N–H and O–H groups in total. The third-order valence-electron chi connectivity index (χ3n) is 3.79. The molecule has 0 aliphatic heterocycles. The lowest BCUT2D eigenvalue weighted by Crippen LogP contribution is -2.27. The van der Waals surface area contributed by atoms with Crippen LogP contribution in [-0.4, -0.2) is 18.5 Å². The van der Waals surface area contributed by atoms with Crippen LogP contribution in [0.15, 0.2) is 24.3 Å². The Labute approximate surface area is 124 Å². The lowest BCUT2D eigenvalue weighted by molar-refractivity contribution is 0.166. The lowest BCUT2D eigenvalue weighted by Gasteiger charge is -2.26. The maximum absolute atomic E-state index is 6.06. The highest BCUT2D eigenvalue weighted by molar-refractivity contribution is 9.09. The van der Waals surface area contributed by atoms with Crippen LogP contribution in [-0.2, 0) is 0 Å². The summed E-state index contributed by atoms with van der Waals surface area (Å²) in [5, 5.41) is 1.03. The van der Waals surface area contributed by atoms with E-state index in [1.165, 1.54) is 25.7 Å². The van der Waals surface area contributed by atoms with E-state index in [0.717, 1.165) is 36.5 Å². The molecule has 3 heteroatoms. The van der Waals surface area contributed by atoms with E-state index in [1.54, 1.807) is 0 Å². The highest BCUT2D eigenvalue weighted by Gasteiger charge is 2.33.